The first-order valence-electron chi connectivity index (χ1n) is 4.65. The Morgan fingerprint density at radius 3 is 1.33 bits per heavy atom. The van der Waals surface area contributed by atoms with Crippen molar-refractivity contribution in [1.82, 2.24) is 0 Å². The van der Waals surface area contributed by atoms with Gasteiger partial charge < -0.3 is 0 Å². The van der Waals surface area contributed by atoms with Crippen molar-refractivity contribution in [2.24, 2.45) is 5.41 Å². The average Bonchev–Trinajstić information content (AvgIpc) is 1.86. The van der Waals surface area contributed by atoms with Gasteiger partial charge in [-0.1, -0.05) is 34.6 Å². The molecule has 0 aliphatic carbocycles. The van der Waals surface area contributed by atoms with Gasteiger partial charge in [-0.05, 0) is 23.8 Å². The summed E-state index contributed by atoms with van der Waals surface area (Å²) in [7, 11) is 0. The molecule has 0 aromatic heterocycles. The molecule has 0 aliphatic heterocycles. The van der Waals surface area contributed by atoms with E-state index in [1.807, 2.05) is 0 Å². The van der Waals surface area contributed by atoms with E-state index in [9.17, 15) is 0 Å². The summed E-state index contributed by atoms with van der Waals surface area (Å²) in [5.41, 5.74) is 0.383. The minimum absolute atomic E-state index is 0.372. The van der Waals surface area contributed by atoms with E-state index in [-0.39, 0.29) is 0 Å². The first-order chi connectivity index (χ1) is 5.37. The van der Waals surface area contributed by atoms with Crippen LogP contribution in [-0.4, -0.2) is 15.6 Å². The molecule has 0 aromatic rings. The van der Waals surface area contributed by atoms with Gasteiger partial charge in [0.1, 0.15) is 0 Å². The van der Waals surface area contributed by atoms with Crippen molar-refractivity contribution >= 4 is 23.5 Å². The molecule has 0 saturated heterocycles. The first-order valence-corrected chi connectivity index (χ1v) is 6.62. The Hall–Kier alpha value is 0.700. The van der Waals surface area contributed by atoms with Gasteiger partial charge in [-0.2, -0.15) is 0 Å². The summed E-state index contributed by atoms with van der Waals surface area (Å²) in [4.78, 5) is 0. The monoisotopic (exact) mass is 206 g/mol. The molecule has 0 aromatic carbocycles. The SMILES string of the molecule is CCSC(C)(SCC)C(C)(C)C. The van der Waals surface area contributed by atoms with Gasteiger partial charge in [0, 0.05) is 0 Å². The van der Waals surface area contributed by atoms with Crippen molar-refractivity contribution in [2.45, 2.75) is 45.6 Å². The smallest absolute Gasteiger partial charge is 0.0630 e. The van der Waals surface area contributed by atoms with Gasteiger partial charge >= 0.3 is 0 Å². The highest BCUT2D eigenvalue weighted by atomic mass is 32.2. The van der Waals surface area contributed by atoms with Crippen LogP contribution in [0.25, 0.3) is 0 Å². The number of hydrogen-bond acceptors (Lipinski definition) is 2. The van der Waals surface area contributed by atoms with Crippen molar-refractivity contribution in [3.63, 3.8) is 0 Å². The van der Waals surface area contributed by atoms with Crippen LogP contribution in [0.2, 0.25) is 0 Å². The van der Waals surface area contributed by atoms with Gasteiger partial charge in [0.15, 0.2) is 0 Å². The van der Waals surface area contributed by atoms with Crippen LogP contribution in [0.15, 0.2) is 0 Å². The maximum atomic E-state index is 2.37. The van der Waals surface area contributed by atoms with Crippen LogP contribution in [0.3, 0.4) is 0 Å². The molecule has 74 valence electrons. The lowest BCUT2D eigenvalue weighted by molar-refractivity contribution is 0.385. The summed E-state index contributed by atoms with van der Waals surface area (Å²) in [5.74, 6) is 2.42. The minimum Gasteiger partial charge on any atom is -0.144 e. The molecular formula is C10H22S2. The zero-order valence-electron chi connectivity index (χ0n) is 9.23. The Morgan fingerprint density at radius 2 is 1.17 bits per heavy atom. The fourth-order valence-corrected chi connectivity index (χ4v) is 4.03. The Labute approximate surface area is 86.3 Å². The van der Waals surface area contributed by atoms with Gasteiger partial charge in [0.25, 0.3) is 0 Å². The van der Waals surface area contributed by atoms with Crippen LogP contribution < -0.4 is 0 Å². The van der Waals surface area contributed by atoms with Crippen molar-refractivity contribution in [3.8, 4) is 0 Å². The lowest BCUT2D eigenvalue weighted by Crippen LogP contribution is -2.33. The maximum Gasteiger partial charge on any atom is 0.0630 e. The molecule has 0 spiro atoms. The summed E-state index contributed by atoms with van der Waals surface area (Å²) in [6.07, 6.45) is 0. The van der Waals surface area contributed by atoms with Crippen LogP contribution in [0, 0.1) is 5.41 Å². The van der Waals surface area contributed by atoms with Gasteiger partial charge in [0.05, 0.1) is 4.08 Å². The van der Waals surface area contributed by atoms with E-state index in [1.165, 1.54) is 11.5 Å². The minimum atomic E-state index is 0.372. The number of thioether (sulfide) groups is 2. The highest BCUT2D eigenvalue weighted by molar-refractivity contribution is 8.18. The Morgan fingerprint density at radius 1 is 0.833 bits per heavy atom. The van der Waals surface area contributed by atoms with Gasteiger partial charge in [-0.15, -0.1) is 23.5 Å². The molecule has 0 N–H and O–H groups in total. The van der Waals surface area contributed by atoms with Crippen molar-refractivity contribution in [1.29, 1.82) is 0 Å². The van der Waals surface area contributed by atoms with Gasteiger partial charge in [0.2, 0.25) is 0 Å². The van der Waals surface area contributed by atoms with Crippen molar-refractivity contribution in [3.05, 3.63) is 0 Å². The summed E-state index contributed by atoms with van der Waals surface area (Å²) < 4.78 is 0.372. The Kier molecular flexibility index (Phi) is 5.08. The summed E-state index contributed by atoms with van der Waals surface area (Å²) in [5, 5.41) is 0. The molecule has 0 aliphatic rings. The number of rotatable bonds is 4. The Balaban J connectivity index is 4.38. The zero-order chi connectivity index (χ0) is 9.83. The molecule has 2 heteroatoms. The Bertz CT molecular complexity index is 118. The largest absolute Gasteiger partial charge is 0.144 e. The lowest BCUT2D eigenvalue weighted by Gasteiger charge is -2.40. The summed E-state index contributed by atoms with van der Waals surface area (Å²) in [6, 6.07) is 0. The molecular weight excluding hydrogens is 184 g/mol. The predicted molar refractivity (Wildman–Crippen MR) is 64.1 cm³/mol. The second kappa shape index (κ2) is 4.80. The third-order valence-corrected chi connectivity index (χ3v) is 5.81. The fourth-order valence-electron chi connectivity index (χ4n) is 1.03. The lowest BCUT2D eigenvalue weighted by atomic mass is 9.92. The van der Waals surface area contributed by atoms with Crippen molar-refractivity contribution < 1.29 is 0 Å². The van der Waals surface area contributed by atoms with Crippen LogP contribution >= 0.6 is 23.5 Å². The van der Waals surface area contributed by atoms with Crippen LogP contribution in [-0.2, 0) is 0 Å². The molecule has 0 amide bonds. The first kappa shape index (κ1) is 12.7. The topological polar surface area (TPSA) is 0 Å². The molecule has 0 atom stereocenters. The maximum absolute atomic E-state index is 2.37. The summed E-state index contributed by atoms with van der Waals surface area (Å²) >= 11 is 4.15. The van der Waals surface area contributed by atoms with E-state index in [4.69, 9.17) is 0 Å². The van der Waals surface area contributed by atoms with Gasteiger partial charge in [-0.3, -0.25) is 0 Å². The molecule has 0 rings (SSSR count). The van der Waals surface area contributed by atoms with E-state index in [2.05, 4.69) is 65.1 Å². The number of hydrogen-bond donors (Lipinski definition) is 0. The second-order valence-electron chi connectivity index (χ2n) is 4.06. The fraction of sp³-hybridized carbons (Fsp3) is 1.00. The van der Waals surface area contributed by atoms with E-state index in [0.29, 0.717) is 9.49 Å². The molecule has 0 bridgehead atoms. The molecule has 0 fully saturated rings. The zero-order valence-corrected chi connectivity index (χ0v) is 10.9. The van der Waals surface area contributed by atoms with Gasteiger partial charge in [-0.25, -0.2) is 0 Å². The molecule has 0 saturated carbocycles. The molecule has 0 heterocycles. The van der Waals surface area contributed by atoms with E-state index in [0.717, 1.165) is 0 Å². The quantitative estimate of drug-likeness (QED) is 0.631. The standard InChI is InChI=1S/C10H22S2/c1-7-11-10(6,12-8-2)9(3,4)5/h7-8H2,1-6H3. The van der Waals surface area contributed by atoms with E-state index in [1.54, 1.807) is 0 Å². The third kappa shape index (κ3) is 3.21. The highest BCUT2D eigenvalue weighted by Crippen LogP contribution is 2.49. The third-order valence-electron chi connectivity index (χ3n) is 2.20. The molecule has 0 radical (unpaired) electrons. The normalized spacial score (nSPS) is 13.5. The van der Waals surface area contributed by atoms with Crippen LogP contribution in [0.4, 0.5) is 0 Å². The summed E-state index contributed by atoms with van der Waals surface area (Å²) in [6.45, 7) is 13.8. The van der Waals surface area contributed by atoms with Crippen molar-refractivity contribution in [2.75, 3.05) is 11.5 Å². The van der Waals surface area contributed by atoms with E-state index >= 15 is 0 Å². The average molecular weight is 206 g/mol. The predicted octanol–water partition coefficient (Wildman–Crippen LogP) is 4.25. The van der Waals surface area contributed by atoms with E-state index < -0.39 is 0 Å². The molecule has 12 heavy (non-hydrogen) atoms. The highest BCUT2D eigenvalue weighted by Gasteiger charge is 2.37. The molecule has 0 unspecified atom stereocenters. The van der Waals surface area contributed by atoms with Crippen LogP contribution in [0.1, 0.15) is 41.5 Å². The molecule has 0 nitrogen and oxygen atoms in total. The van der Waals surface area contributed by atoms with Crippen LogP contribution in [0.5, 0.6) is 0 Å². The second-order valence-corrected chi connectivity index (χ2v) is 7.69.